The molecule has 0 unspecified atom stereocenters. The summed E-state index contributed by atoms with van der Waals surface area (Å²) in [7, 11) is 35.6. The summed E-state index contributed by atoms with van der Waals surface area (Å²) in [5.41, 5.74) is 1.91. The molecule has 0 aliphatic heterocycles. The van der Waals surface area contributed by atoms with Gasteiger partial charge in [-0.2, -0.15) is 0 Å². The Morgan fingerprint density at radius 1 is 0.667 bits per heavy atom. The Hall–Kier alpha value is -0.600. The fourth-order valence-electron chi connectivity index (χ4n) is 2.29. The van der Waals surface area contributed by atoms with Gasteiger partial charge >= 0.3 is 0 Å². The van der Waals surface area contributed by atoms with Gasteiger partial charge in [0.05, 0.1) is 0 Å². The van der Waals surface area contributed by atoms with E-state index in [-0.39, 0.29) is 37.8 Å². The monoisotopic (exact) mass is 340 g/mol. The first-order valence-electron chi connectivity index (χ1n) is 5.77. The summed E-state index contributed by atoms with van der Waals surface area (Å²) < 4.78 is 6.22. The van der Waals surface area contributed by atoms with E-state index in [4.69, 9.17) is 63.1 Å². The van der Waals surface area contributed by atoms with Gasteiger partial charge in [0.25, 0.3) is 0 Å². The van der Waals surface area contributed by atoms with Crippen LogP contribution in [0.5, 0.6) is 0 Å². The molecule has 3 rings (SSSR count). The second-order valence-corrected chi connectivity index (χ2v) is 5.79. The summed E-state index contributed by atoms with van der Waals surface area (Å²) in [6.07, 6.45) is 0. The molecule has 1 heterocycles. The number of benzene rings is 2. The molecule has 0 fully saturated rings. The van der Waals surface area contributed by atoms with Crippen molar-refractivity contribution < 1.29 is 4.42 Å². The van der Waals surface area contributed by atoms with Gasteiger partial charge in [0.15, 0.2) is 0 Å². The van der Waals surface area contributed by atoms with E-state index in [2.05, 4.69) is 15.9 Å². The Morgan fingerprint density at radius 3 is 1.86 bits per heavy atom. The van der Waals surface area contributed by atoms with Gasteiger partial charge in [0.1, 0.15) is 58.2 Å². The van der Waals surface area contributed by atoms with Crippen molar-refractivity contribution >= 4 is 129 Å². The van der Waals surface area contributed by atoms with E-state index < -0.39 is 0 Å². The minimum absolute atomic E-state index is 0.134. The molecule has 0 spiro atoms. The Bertz CT molecular complexity index is 861. The van der Waals surface area contributed by atoms with Crippen LogP contribution in [0.15, 0.2) is 8.89 Å². The Labute approximate surface area is 143 Å². The third-order valence-corrected chi connectivity index (χ3v) is 4.70. The lowest BCUT2D eigenvalue weighted by Gasteiger charge is -2.12. The van der Waals surface area contributed by atoms with Crippen LogP contribution in [0, 0.1) is 0 Å². The maximum Gasteiger partial charge on any atom is 0.129 e. The van der Waals surface area contributed by atoms with E-state index in [0.717, 1.165) is 0 Å². The summed E-state index contributed by atoms with van der Waals surface area (Å²) in [6, 6.07) is 0. The maximum atomic E-state index is 6.05. The van der Waals surface area contributed by atoms with E-state index in [9.17, 15) is 0 Å². The molecule has 0 saturated carbocycles. The second kappa shape index (κ2) is 4.96. The van der Waals surface area contributed by atoms with Crippen molar-refractivity contribution in [2.45, 2.75) is 0 Å². The Kier molecular flexibility index (Phi) is 3.61. The molecule has 0 aliphatic carbocycles. The molecule has 0 bridgehead atoms. The van der Waals surface area contributed by atoms with Crippen molar-refractivity contribution in [3.63, 3.8) is 0 Å². The van der Waals surface area contributed by atoms with Crippen LogP contribution >= 0.6 is 27.5 Å². The quantitative estimate of drug-likeness (QED) is 0.422. The first-order valence-corrected chi connectivity index (χ1v) is 6.94. The Morgan fingerprint density at radius 2 is 1.24 bits per heavy atom. The first-order chi connectivity index (χ1) is 9.77. The molecule has 3 aromatic rings. The van der Waals surface area contributed by atoms with E-state index in [0.29, 0.717) is 26.4 Å². The van der Waals surface area contributed by atoms with Crippen molar-refractivity contribution in [1.29, 1.82) is 0 Å². The summed E-state index contributed by atoms with van der Waals surface area (Å²) in [6.45, 7) is 0. The summed E-state index contributed by atoms with van der Waals surface area (Å²) in [5, 5.41) is 1.19. The molecule has 86 valence electrons. The average Bonchev–Trinajstić information content (AvgIpc) is 2.87. The van der Waals surface area contributed by atoms with Gasteiger partial charge in [-0.25, -0.2) is 0 Å². The van der Waals surface area contributed by atoms with Gasteiger partial charge in [-0.3, -0.25) is 0 Å². The second-order valence-electron chi connectivity index (χ2n) is 4.62. The molecular weight excluding hydrogens is 340 g/mol. The topological polar surface area (TPSA) is 13.1 Å². The molecule has 0 aliphatic rings. The average molecular weight is 340 g/mol. The molecule has 12 radical (unpaired) electrons. The highest BCUT2D eigenvalue weighted by molar-refractivity contribution is 9.10. The van der Waals surface area contributed by atoms with E-state index in [1.54, 1.807) is 0 Å². The fraction of sp³-hybridized carbons (Fsp3) is 0. The highest BCUT2D eigenvalue weighted by Crippen LogP contribution is 2.30. The van der Waals surface area contributed by atoms with E-state index in [1.807, 2.05) is 0 Å². The molecular formula is C12B6BrClO. The molecule has 2 aromatic carbocycles. The van der Waals surface area contributed by atoms with Gasteiger partial charge < -0.3 is 4.42 Å². The molecule has 0 atom stereocenters. The minimum Gasteiger partial charge on any atom is -0.457 e. The van der Waals surface area contributed by atoms with Crippen LogP contribution in [0.4, 0.5) is 0 Å². The van der Waals surface area contributed by atoms with Crippen LogP contribution in [-0.2, 0) is 0 Å². The number of furan rings is 1. The smallest absolute Gasteiger partial charge is 0.129 e. The van der Waals surface area contributed by atoms with Gasteiger partial charge in [-0.1, -0.05) is 49.4 Å². The minimum atomic E-state index is 0.134. The lowest BCUT2D eigenvalue weighted by molar-refractivity contribution is 0.674. The van der Waals surface area contributed by atoms with Gasteiger partial charge in [-0.15, -0.1) is 5.46 Å². The highest BCUT2D eigenvalue weighted by atomic mass is 79.9. The zero-order chi connectivity index (χ0) is 15.6. The molecule has 0 amide bonds. The van der Waals surface area contributed by atoms with Crippen LogP contribution in [0.1, 0.15) is 0 Å². The SMILES string of the molecule is [B]c1c([B])c(Br)c2c(oc3c([B])c(Cl)c([B])c([B])c32)c1[B]. The number of hydrogen-bond acceptors (Lipinski definition) is 1. The lowest BCUT2D eigenvalue weighted by atomic mass is 9.70. The van der Waals surface area contributed by atoms with Crippen LogP contribution < -0.4 is 32.8 Å². The summed E-state index contributed by atoms with van der Waals surface area (Å²) in [4.78, 5) is 0. The third-order valence-electron chi connectivity index (χ3n) is 3.47. The normalized spacial score (nSPS) is 11.5. The van der Waals surface area contributed by atoms with Crippen LogP contribution in [-0.4, -0.2) is 47.1 Å². The van der Waals surface area contributed by atoms with Gasteiger partial charge in [0, 0.05) is 20.3 Å². The van der Waals surface area contributed by atoms with Gasteiger partial charge in [-0.05, 0) is 5.46 Å². The van der Waals surface area contributed by atoms with Crippen molar-refractivity contribution in [1.82, 2.24) is 0 Å². The fourth-order valence-corrected chi connectivity index (χ4v) is 3.07. The van der Waals surface area contributed by atoms with Crippen molar-refractivity contribution in [2.75, 3.05) is 0 Å². The molecule has 1 aromatic heterocycles. The zero-order valence-corrected chi connectivity index (χ0v) is 13.0. The summed E-state index contributed by atoms with van der Waals surface area (Å²) in [5.74, 6) is 0. The molecule has 0 saturated heterocycles. The predicted molar refractivity (Wildman–Crippen MR) is 98.8 cm³/mol. The predicted octanol–water partition coefficient (Wildman–Crippen LogP) is -2.24. The van der Waals surface area contributed by atoms with E-state index >= 15 is 0 Å². The molecule has 0 N–H and O–H groups in total. The number of fused-ring (bicyclic) bond motifs is 3. The van der Waals surface area contributed by atoms with Crippen molar-refractivity contribution in [3.8, 4) is 0 Å². The Balaban J connectivity index is 2.73. The van der Waals surface area contributed by atoms with Crippen LogP contribution in [0.2, 0.25) is 5.02 Å². The number of halogens is 2. The third kappa shape index (κ3) is 1.91. The number of rotatable bonds is 0. The highest BCUT2D eigenvalue weighted by Gasteiger charge is 2.20. The van der Waals surface area contributed by atoms with Crippen molar-refractivity contribution in [2.24, 2.45) is 0 Å². The van der Waals surface area contributed by atoms with Crippen LogP contribution in [0.25, 0.3) is 21.9 Å². The largest absolute Gasteiger partial charge is 0.457 e. The first kappa shape index (κ1) is 15.3. The maximum absolute atomic E-state index is 6.05. The van der Waals surface area contributed by atoms with Gasteiger partial charge in [0.2, 0.25) is 0 Å². The zero-order valence-electron chi connectivity index (χ0n) is 10.6. The molecule has 1 nitrogen and oxygen atoms in total. The summed E-state index contributed by atoms with van der Waals surface area (Å²) >= 11 is 9.43. The van der Waals surface area contributed by atoms with E-state index in [1.165, 1.54) is 0 Å². The molecule has 21 heavy (non-hydrogen) atoms. The number of hydrogen-bond donors (Lipinski definition) is 0. The van der Waals surface area contributed by atoms with Crippen LogP contribution in [0.3, 0.4) is 0 Å². The molecule has 9 heteroatoms. The lowest BCUT2D eigenvalue weighted by Crippen LogP contribution is -2.40. The standard InChI is InChI=1S/C12B6BrClO/c13-3-1-2-9(19)5(15)4(14)7(17)12(2)21-11(1)8(18)10(20)6(3)16. The van der Waals surface area contributed by atoms with Crippen molar-refractivity contribution in [3.05, 3.63) is 9.50 Å².